The molecule has 1 fully saturated rings. The van der Waals surface area contributed by atoms with Crippen LogP contribution in [0.5, 0.6) is 5.75 Å². The molecule has 31 heavy (non-hydrogen) atoms. The molecule has 1 N–H and O–H groups in total. The maximum atomic E-state index is 12.5. The number of rotatable bonds is 8. The van der Waals surface area contributed by atoms with Crippen molar-refractivity contribution < 1.29 is 18.7 Å². The highest BCUT2D eigenvalue weighted by Gasteiger charge is 2.18. The molecule has 6 nitrogen and oxygen atoms in total. The van der Waals surface area contributed by atoms with E-state index in [2.05, 4.69) is 10.3 Å². The minimum Gasteiger partial charge on any atom is -0.489 e. The number of nitrogens with one attached hydrogen (secondary N) is 1. The predicted octanol–water partition coefficient (Wildman–Crippen LogP) is 5.43. The summed E-state index contributed by atoms with van der Waals surface area (Å²) >= 11 is 6.11. The van der Waals surface area contributed by atoms with E-state index in [4.69, 9.17) is 25.5 Å². The summed E-state index contributed by atoms with van der Waals surface area (Å²) in [7, 11) is 0. The van der Waals surface area contributed by atoms with Crippen LogP contribution in [0.15, 0.2) is 53.1 Å². The molecule has 1 amide bonds. The average Bonchev–Trinajstić information content (AvgIpc) is 3.44. The third-order valence-electron chi connectivity index (χ3n) is 5.12. The Balaban J connectivity index is 1.33. The van der Waals surface area contributed by atoms with E-state index in [0.717, 1.165) is 25.0 Å². The lowest BCUT2D eigenvalue weighted by molar-refractivity contribution is -0.116. The Kier molecular flexibility index (Phi) is 6.89. The molecule has 2 heterocycles. The van der Waals surface area contributed by atoms with Gasteiger partial charge in [0.2, 0.25) is 5.91 Å². The van der Waals surface area contributed by atoms with E-state index in [1.807, 2.05) is 31.2 Å². The van der Waals surface area contributed by atoms with Gasteiger partial charge in [0.15, 0.2) is 11.7 Å². The monoisotopic (exact) mass is 440 g/mol. The second kappa shape index (κ2) is 9.98. The van der Waals surface area contributed by atoms with Crippen LogP contribution in [0.2, 0.25) is 5.02 Å². The van der Waals surface area contributed by atoms with Gasteiger partial charge in [0.1, 0.15) is 12.4 Å². The number of benzene rings is 2. The predicted molar refractivity (Wildman–Crippen MR) is 120 cm³/mol. The second-order valence-corrected chi connectivity index (χ2v) is 8.06. The second-order valence-electron chi connectivity index (χ2n) is 7.62. The number of oxazole rings is 1. The number of nitrogens with zero attached hydrogens (tertiary/aromatic N) is 1. The summed E-state index contributed by atoms with van der Waals surface area (Å²) < 4.78 is 17.3. The molecule has 0 saturated carbocycles. The SMILES string of the molecule is Cc1ccc(-c2cnc(CCC(=O)Nc3cc(Cl)ccc3OCC3CCCO3)o2)cc1. The van der Waals surface area contributed by atoms with Crippen molar-refractivity contribution in [2.24, 2.45) is 0 Å². The molecule has 3 aromatic rings. The Morgan fingerprint density at radius 3 is 2.87 bits per heavy atom. The highest BCUT2D eigenvalue weighted by Crippen LogP contribution is 2.29. The Morgan fingerprint density at radius 1 is 1.26 bits per heavy atom. The van der Waals surface area contributed by atoms with Crippen LogP contribution >= 0.6 is 11.6 Å². The van der Waals surface area contributed by atoms with Crippen molar-refractivity contribution in [3.05, 3.63) is 65.1 Å². The van der Waals surface area contributed by atoms with E-state index < -0.39 is 0 Å². The molecule has 1 aliphatic rings. The smallest absolute Gasteiger partial charge is 0.224 e. The van der Waals surface area contributed by atoms with Crippen LogP contribution in [0.4, 0.5) is 5.69 Å². The number of anilines is 1. The molecule has 1 aromatic heterocycles. The lowest BCUT2D eigenvalue weighted by Gasteiger charge is -2.15. The number of amides is 1. The van der Waals surface area contributed by atoms with Gasteiger partial charge >= 0.3 is 0 Å². The van der Waals surface area contributed by atoms with Crippen molar-refractivity contribution in [3.63, 3.8) is 0 Å². The van der Waals surface area contributed by atoms with Gasteiger partial charge in [-0.3, -0.25) is 4.79 Å². The lowest BCUT2D eigenvalue weighted by atomic mass is 10.1. The minimum atomic E-state index is -0.167. The zero-order valence-electron chi connectivity index (χ0n) is 17.4. The fourth-order valence-electron chi connectivity index (χ4n) is 3.39. The van der Waals surface area contributed by atoms with Crippen molar-refractivity contribution >= 4 is 23.2 Å². The fourth-order valence-corrected chi connectivity index (χ4v) is 3.57. The number of carbonyl (C=O) groups excluding carboxylic acids is 1. The van der Waals surface area contributed by atoms with Gasteiger partial charge in [-0.15, -0.1) is 0 Å². The maximum absolute atomic E-state index is 12.5. The lowest BCUT2D eigenvalue weighted by Crippen LogP contribution is -2.18. The van der Waals surface area contributed by atoms with Crippen LogP contribution in [0.1, 0.15) is 30.7 Å². The number of hydrogen-bond donors (Lipinski definition) is 1. The standard InChI is InChI=1S/C24H25ClN2O4/c1-16-4-6-17(7-5-16)22-14-26-24(31-22)11-10-23(28)27-20-13-18(25)8-9-21(20)30-15-19-3-2-12-29-19/h4-9,13-14,19H,2-3,10-12,15H2,1H3,(H,27,28). The molecule has 1 unspecified atom stereocenters. The Bertz CT molecular complexity index is 1030. The van der Waals surface area contributed by atoms with Crippen LogP contribution in [0.25, 0.3) is 11.3 Å². The number of aromatic nitrogens is 1. The van der Waals surface area contributed by atoms with Crippen molar-refractivity contribution in [2.75, 3.05) is 18.5 Å². The summed E-state index contributed by atoms with van der Waals surface area (Å²) in [4.78, 5) is 16.8. The summed E-state index contributed by atoms with van der Waals surface area (Å²) in [5.41, 5.74) is 2.68. The fraction of sp³-hybridized carbons (Fsp3) is 0.333. The highest BCUT2D eigenvalue weighted by atomic mass is 35.5. The Morgan fingerprint density at radius 2 is 2.10 bits per heavy atom. The molecule has 2 aromatic carbocycles. The van der Waals surface area contributed by atoms with Crippen molar-refractivity contribution in [3.8, 4) is 17.1 Å². The van der Waals surface area contributed by atoms with Crippen LogP contribution in [0, 0.1) is 6.92 Å². The molecule has 1 aliphatic heterocycles. The Hall–Kier alpha value is -2.83. The first kappa shape index (κ1) is 21.4. The number of hydrogen-bond acceptors (Lipinski definition) is 5. The molecule has 1 atom stereocenters. The zero-order valence-corrected chi connectivity index (χ0v) is 18.2. The molecule has 0 bridgehead atoms. The average molecular weight is 441 g/mol. The third kappa shape index (κ3) is 5.87. The first-order valence-electron chi connectivity index (χ1n) is 10.4. The zero-order chi connectivity index (χ0) is 21.6. The molecule has 0 radical (unpaired) electrons. The van der Waals surface area contributed by atoms with Crippen LogP contribution < -0.4 is 10.1 Å². The molecular weight excluding hydrogens is 416 g/mol. The molecule has 162 valence electrons. The first-order valence-corrected chi connectivity index (χ1v) is 10.8. The van der Waals surface area contributed by atoms with E-state index in [-0.39, 0.29) is 18.4 Å². The van der Waals surface area contributed by atoms with Gasteiger partial charge in [-0.1, -0.05) is 41.4 Å². The third-order valence-corrected chi connectivity index (χ3v) is 5.36. The number of halogens is 1. The minimum absolute atomic E-state index is 0.0898. The molecule has 7 heteroatoms. The summed E-state index contributed by atoms with van der Waals surface area (Å²) in [5.74, 6) is 1.62. The van der Waals surface area contributed by atoms with Crippen LogP contribution in [0.3, 0.4) is 0 Å². The van der Waals surface area contributed by atoms with Gasteiger partial charge in [0.05, 0.1) is 18.0 Å². The van der Waals surface area contributed by atoms with E-state index >= 15 is 0 Å². The molecule has 1 saturated heterocycles. The number of carbonyl (C=O) groups is 1. The first-order chi connectivity index (χ1) is 15.1. The van der Waals surface area contributed by atoms with Gasteiger partial charge in [-0.2, -0.15) is 0 Å². The van der Waals surface area contributed by atoms with Crippen molar-refractivity contribution in [1.82, 2.24) is 4.98 Å². The van der Waals surface area contributed by atoms with Gasteiger partial charge in [0, 0.05) is 30.0 Å². The van der Waals surface area contributed by atoms with E-state index in [1.165, 1.54) is 5.56 Å². The summed E-state index contributed by atoms with van der Waals surface area (Å²) in [6.45, 7) is 3.25. The van der Waals surface area contributed by atoms with Crippen molar-refractivity contribution in [1.29, 1.82) is 0 Å². The van der Waals surface area contributed by atoms with Gasteiger partial charge < -0.3 is 19.2 Å². The van der Waals surface area contributed by atoms with E-state index in [9.17, 15) is 4.79 Å². The topological polar surface area (TPSA) is 73.6 Å². The number of ether oxygens (including phenoxy) is 2. The Labute approximate surface area is 186 Å². The molecular formula is C24H25ClN2O4. The normalized spacial score (nSPS) is 15.7. The van der Waals surface area contributed by atoms with Crippen LogP contribution in [-0.4, -0.2) is 30.2 Å². The van der Waals surface area contributed by atoms with Crippen molar-refractivity contribution in [2.45, 2.75) is 38.7 Å². The summed E-state index contributed by atoms with van der Waals surface area (Å²) in [6.07, 6.45) is 4.43. The highest BCUT2D eigenvalue weighted by molar-refractivity contribution is 6.31. The van der Waals surface area contributed by atoms with Gasteiger partial charge in [-0.05, 0) is 38.0 Å². The molecule has 0 aliphatic carbocycles. The number of aryl methyl sites for hydroxylation is 2. The molecule has 4 rings (SSSR count). The maximum Gasteiger partial charge on any atom is 0.224 e. The van der Waals surface area contributed by atoms with Gasteiger partial charge in [0.25, 0.3) is 0 Å². The summed E-state index contributed by atoms with van der Waals surface area (Å²) in [6, 6.07) is 13.2. The van der Waals surface area contributed by atoms with Gasteiger partial charge in [-0.25, -0.2) is 4.98 Å². The molecule has 0 spiro atoms. The van der Waals surface area contributed by atoms with Crippen LogP contribution in [-0.2, 0) is 16.0 Å². The summed E-state index contributed by atoms with van der Waals surface area (Å²) in [5, 5.41) is 3.41. The van der Waals surface area contributed by atoms with E-state index in [1.54, 1.807) is 24.4 Å². The van der Waals surface area contributed by atoms with E-state index in [0.29, 0.717) is 41.1 Å². The largest absolute Gasteiger partial charge is 0.489 e. The quantitative estimate of drug-likeness (QED) is 0.505.